The molecule has 1 heterocycles. The number of aryl methyl sites for hydroxylation is 1. The smallest absolute Gasteiger partial charge is 0.338 e. The largest absolute Gasteiger partial charge is 0.478 e. The van der Waals surface area contributed by atoms with Gasteiger partial charge >= 0.3 is 5.97 Å². The van der Waals surface area contributed by atoms with Gasteiger partial charge in [-0.25, -0.2) is 18.2 Å². The van der Waals surface area contributed by atoms with Crippen LogP contribution >= 0.6 is 0 Å². The van der Waals surface area contributed by atoms with Crippen LogP contribution in [0.2, 0.25) is 0 Å². The maximum atomic E-state index is 12.1. The number of carbonyl (C=O) groups is 1. The Morgan fingerprint density at radius 2 is 1.67 bits per heavy atom. The van der Waals surface area contributed by atoms with E-state index in [1.165, 1.54) is 13.8 Å². The second-order valence-electron chi connectivity index (χ2n) is 4.53. The van der Waals surface area contributed by atoms with Crippen molar-refractivity contribution in [1.82, 2.24) is 4.98 Å². The molecule has 0 aliphatic heterocycles. The van der Waals surface area contributed by atoms with Gasteiger partial charge in [-0.05, 0) is 45.7 Å². The molecule has 0 aromatic carbocycles. The molecule has 0 fully saturated rings. The van der Waals surface area contributed by atoms with Crippen LogP contribution in [0.1, 0.15) is 41.0 Å². The number of rotatable bonds is 3. The summed E-state index contributed by atoms with van der Waals surface area (Å²) in [6.45, 7) is 8.02. The standard InChI is InChI=1S/C12H17NO4S/c1-6(2)18(16,17)11-10(12(14)15)8(4)7(3)9(5)13-11/h6H,1-5H3,(H,14,15). The SMILES string of the molecule is Cc1nc(S(=O)(=O)C(C)C)c(C(=O)O)c(C)c1C. The Kier molecular flexibility index (Phi) is 3.81. The zero-order valence-electron chi connectivity index (χ0n) is 11.1. The molecule has 0 radical (unpaired) electrons. The number of carboxylic acid groups (broad SMARTS) is 1. The van der Waals surface area contributed by atoms with E-state index in [0.29, 0.717) is 16.8 Å². The van der Waals surface area contributed by atoms with Gasteiger partial charge in [-0.15, -0.1) is 0 Å². The lowest BCUT2D eigenvalue weighted by Gasteiger charge is -2.15. The van der Waals surface area contributed by atoms with Gasteiger partial charge in [0.15, 0.2) is 14.9 Å². The molecule has 0 saturated carbocycles. The van der Waals surface area contributed by atoms with Crippen molar-refractivity contribution in [2.24, 2.45) is 0 Å². The quantitative estimate of drug-likeness (QED) is 0.907. The molecular formula is C12H17NO4S. The van der Waals surface area contributed by atoms with Crippen LogP contribution < -0.4 is 0 Å². The highest BCUT2D eigenvalue weighted by Gasteiger charge is 2.30. The van der Waals surface area contributed by atoms with Crippen molar-refractivity contribution < 1.29 is 18.3 Å². The second-order valence-corrected chi connectivity index (χ2v) is 6.95. The predicted octanol–water partition coefficient (Wildman–Crippen LogP) is 1.89. The van der Waals surface area contributed by atoms with E-state index in [0.717, 1.165) is 0 Å². The average Bonchev–Trinajstić information content (AvgIpc) is 2.24. The molecule has 1 aromatic rings. The van der Waals surface area contributed by atoms with E-state index < -0.39 is 21.1 Å². The van der Waals surface area contributed by atoms with Gasteiger partial charge < -0.3 is 5.11 Å². The minimum absolute atomic E-state index is 0.216. The Morgan fingerprint density at radius 1 is 1.17 bits per heavy atom. The summed E-state index contributed by atoms with van der Waals surface area (Å²) in [6.07, 6.45) is 0. The lowest BCUT2D eigenvalue weighted by Crippen LogP contribution is -2.21. The van der Waals surface area contributed by atoms with Crippen LogP contribution in [0.25, 0.3) is 0 Å². The van der Waals surface area contributed by atoms with Crippen molar-refractivity contribution in [3.05, 3.63) is 22.4 Å². The fraction of sp³-hybridized carbons (Fsp3) is 0.500. The number of aromatic nitrogens is 1. The number of carboxylic acids is 1. The van der Waals surface area contributed by atoms with E-state index >= 15 is 0 Å². The highest BCUT2D eigenvalue weighted by atomic mass is 32.2. The molecule has 100 valence electrons. The molecule has 5 nitrogen and oxygen atoms in total. The first-order valence-electron chi connectivity index (χ1n) is 5.55. The van der Waals surface area contributed by atoms with Crippen molar-refractivity contribution in [2.45, 2.75) is 44.9 Å². The number of sulfone groups is 1. The number of pyridine rings is 1. The van der Waals surface area contributed by atoms with Gasteiger partial charge in [0.1, 0.15) is 5.56 Å². The lowest BCUT2D eigenvalue weighted by molar-refractivity contribution is 0.0690. The molecule has 1 rings (SSSR count). The maximum absolute atomic E-state index is 12.1. The Balaban J connectivity index is 3.80. The van der Waals surface area contributed by atoms with Gasteiger partial charge in [0.25, 0.3) is 0 Å². The Labute approximate surface area is 107 Å². The highest BCUT2D eigenvalue weighted by molar-refractivity contribution is 7.92. The van der Waals surface area contributed by atoms with Crippen molar-refractivity contribution >= 4 is 15.8 Å². The predicted molar refractivity (Wildman–Crippen MR) is 67.7 cm³/mol. The first-order valence-corrected chi connectivity index (χ1v) is 7.10. The van der Waals surface area contributed by atoms with E-state index in [2.05, 4.69) is 4.98 Å². The van der Waals surface area contributed by atoms with Crippen LogP contribution in [-0.2, 0) is 9.84 Å². The molecule has 0 aliphatic carbocycles. The molecule has 1 N–H and O–H groups in total. The molecule has 0 atom stereocenters. The van der Waals surface area contributed by atoms with E-state index in [4.69, 9.17) is 0 Å². The lowest BCUT2D eigenvalue weighted by atomic mass is 10.0. The second kappa shape index (κ2) is 4.68. The summed E-state index contributed by atoms with van der Waals surface area (Å²) in [7, 11) is -3.71. The van der Waals surface area contributed by atoms with Crippen LogP contribution in [0.5, 0.6) is 0 Å². The number of nitrogens with zero attached hydrogens (tertiary/aromatic N) is 1. The van der Waals surface area contributed by atoms with Crippen molar-refractivity contribution in [1.29, 1.82) is 0 Å². The Hall–Kier alpha value is -1.43. The monoisotopic (exact) mass is 271 g/mol. The fourth-order valence-corrected chi connectivity index (χ4v) is 2.83. The maximum Gasteiger partial charge on any atom is 0.338 e. The van der Waals surface area contributed by atoms with Crippen LogP contribution in [0, 0.1) is 20.8 Å². The first-order chi connectivity index (χ1) is 8.10. The van der Waals surface area contributed by atoms with Gasteiger partial charge in [-0.2, -0.15) is 0 Å². The van der Waals surface area contributed by atoms with Gasteiger partial charge in [0.2, 0.25) is 0 Å². The Bertz CT molecular complexity index is 603. The summed E-state index contributed by atoms with van der Waals surface area (Å²) >= 11 is 0. The zero-order valence-corrected chi connectivity index (χ0v) is 11.9. The third-order valence-corrected chi connectivity index (χ3v) is 5.14. The van der Waals surface area contributed by atoms with Crippen LogP contribution in [0.15, 0.2) is 5.03 Å². The van der Waals surface area contributed by atoms with E-state index in [9.17, 15) is 18.3 Å². The molecule has 0 amide bonds. The van der Waals surface area contributed by atoms with E-state index in [-0.39, 0.29) is 10.6 Å². The molecule has 0 saturated heterocycles. The summed E-state index contributed by atoms with van der Waals surface area (Å²) in [6, 6.07) is 0. The van der Waals surface area contributed by atoms with Gasteiger partial charge in [0.05, 0.1) is 5.25 Å². The summed E-state index contributed by atoms with van der Waals surface area (Å²) in [4.78, 5) is 15.2. The summed E-state index contributed by atoms with van der Waals surface area (Å²) < 4.78 is 24.3. The summed E-state index contributed by atoms with van der Waals surface area (Å²) in [5.41, 5.74) is 1.48. The normalized spacial score (nSPS) is 11.9. The third kappa shape index (κ3) is 2.25. The Morgan fingerprint density at radius 3 is 2.06 bits per heavy atom. The number of aromatic carboxylic acids is 1. The minimum atomic E-state index is -3.71. The molecular weight excluding hydrogens is 254 g/mol. The van der Waals surface area contributed by atoms with Crippen LogP contribution in [0.4, 0.5) is 0 Å². The van der Waals surface area contributed by atoms with Crippen molar-refractivity contribution in [2.75, 3.05) is 0 Å². The fourth-order valence-electron chi connectivity index (χ4n) is 1.59. The zero-order chi connectivity index (χ0) is 14.2. The molecule has 1 aromatic heterocycles. The number of hydrogen-bond acceptors (Lipinski definition) is 4. The number of hydrogen-bond donors (Lipinski definition) is 1. The molecule has 0 bridgehead atoms. The molecule has 0 aliphatic rings. The molecule has 6 heteroatoms. The third-order valence-electron chi connectivity index (χ3n) is 3.07. The van der Waals surface area contributed by atoms with Crippen LogP contribution in [0.3, 0.4) is 0 Å². The van der Waals surface area contributed by atoms with Crippen LogP contribution in [-0.4, -0.2) is 29.7 Å². The summed E-state index contributed by atoms with van der Waals surface area (Å²) in [5, 5.41) is 8.17. The minimum Gasteiger partial charge on any atom is -0.478 e. The van der Waals surface area contributed by atoms with Crippen molar-refractivity contribution in [3.63, 3.8) is 0 Å². The topological polar surface area (TPSA) is 84.3 Å². The molecule has 0 spiro atoms. The molecule has 18 heavy (non-hydrogen) atoms. The highest BCUT2D eigenvalue weighted by Crippen LogP contribution is 2.25. The van der Waals surface area contributed by atoms with Crippen molar-refractivity contribution in [3.8, 4) is 0 Å². The van der Waals surface area contributed by atoms with E-state index in [1.807, 2.05) is 0 Å². The van der Waals surface area contributed by atoms with E-state index in [1.54, 1.807) is 20.8 Å². The first kappa shape index (κ1) is 14.6. The summed E-state index contributed by atoms with van der Waals surface area (Å²) in [5.74, 6) is -1.26. The van der Waals surface area contributed by atoms with Gasteiger partial charge in [-0.3, -0.25) is 0 Å². The van der Waals surface area contributed by atoms with Gasteiger partial charge in [-0.1, -0.05) is 0 Å². The average molecular weight is 271 g/mol. The molecule has 0 unspecified atom stereocenters. The van der Waals surface area contributed by atoms with Gasteiger partial charge in [0, 0.05) is 5.69 Å².